The van der Waals surface area contributed by atoms with Crippen molar-refractivity contribution in [3.63, 3.8) is 0 Å². The largest absolute Gasteiger partial charge is 0.379 e. The quantitative estimate of drug-likeness (QED) is 0.418. The van der Waals surface area contributed by atoms with Crippen LogP contribution >= 0.6 is 11.3 Å². The van der Waals surface area contributed by atoms with Gasteiger partial charge in [-0.2, -0.15) is 0 Å². The Balaban J connectivity index is 1.29. The van der Waals surface area contributed by atoms with E-state index in [1.165, 1.54) is 16.0 Å². The summed E-state index contributed by atoms with van der Waals surface area (Å²) in [4.78, 5) is 12.4. The highest BCUT2D eigenvalue weighted by molar-refractivity contribution is 7.10. The molecule has 3 heterocycles. The molecule has 0 bridgehead atoms. The maximum Gasteiger partial charge on any atom is 0.191 e. The van der Waals surface area contributed by atoms with E-state index in [1.807, 2.05) is 30.9 Å². The van der Waals surface area contributed by atoms with Crippen molar-refractivity contribution < 1.29 is 4.74 Å². The second kappa shape index (κ2) is 11.1. The first-order chi connectivity index (χ1) is 15.3. The third kappa shape index (κ3) is 6.16. The summed E-state index contributed by atoms with van der Waals surface area (Å²) in [5.41, 5.74) is 2.48. The van der Waals surface area contributed by atoms with Crippen molar-refractivity contribution in [1.82, 2.24) is 25.1 Å². The number of aromatic nitrogens is 2. The van der Waals surface area contributed by atoms with Crippen LogP contribution in [0.1, 0.15) is 22.0 Å². The lowest BCUT2D eigenvalue weighted by Gasteiger charge is -2.34. The number of imidazole rings is 1. The number of nitrogens with zero attached hydrogens (tertiary/aromatic N) is 4. The average Bonchev–Trinajstić information content (AvgIpc) is 3.52. The summed E-state index contributed by atoms with van der Waals surface area (Å²) in [5.74, 6) is 0.817. The van der Waals surface area contributed by atoms with Gasteiger partial charge in [0.2, 0.25) is 0 Å². The molecule has 2 N–H and O–H groups in total. The first-order valence-corrected chi connectivity index (χ1v) is 11.5. The van der Waals surface area contributed by atoms with Gasteiger partial charge in [0.1, 0.15) is 0 Å². The highest BCUT2D eigenvalue weighted by Gasteiger charge is 2.23. The van der Waals surface area contributed by atoms with Gasteiger partial charge in [0, 0.05) is 57.0 Å². The number of thiophene rings is 1. The highest BCUT2D eigenvalue weighted by atomic mass is 32.1. The summed E-state index contributed by atoms with van der Waals surface area (Å²) < 4.78 is 7.61. The number of aliphatic imine (C=N–C) groups is 1. The van der Waals surface area contributed by atoms with Crippen molar-refractivity contribution >= 4 is 17.3 Å². The Morgan fingerprint density at radius 3 is 2.65 bits per heavy atom. The monoisotopic (exact) mass is 438 g/mol. The maximum absolute atomic E-state index is 5.54. The topological polar surface area (TPSA) is 66.7 Å². The van der Waals surface area contributed by atoms with Gasteiger partial charge in [0.15, 0.2) is 5.96 Å². The Labute approximate surface area is 187 Å². The van der Waals surface area contributed by atoms with Crippen molar-refractivity contribution in [2.45, 2.75) is 19.1 Å². The number of hydrogen-bond donors (Lipinski definition) is 2. The third-order valence-electron chi connectivity index (χ3n) is 5.45. The van der Waals surface area contributed by atoms with Gasteiger partial charge in [-0.25, -0.2) is 4.98 Å². The molecule has 1 aliphatic heterocycles. The SMILES string of the molecule is CN=C(NCc1ccc(Cn2ccnc2)cc1)NCC(c1cccs1)N1CCOCC1. The van der Waals surface area contributed by atoms with E-state index in [0.717, 1.165) is 51.9 Å². The number of hydrogen-bond acceptors (Lipinski definition) is 5. The molecule has 164 valence electrons. The van der Waals surface area contributed by atoms with Gasteiger partial charge in [-0.3, -0.25) is 9.89 Å². The van der Waals surface area contributed by atoms with Crippen LogP contribution in [0.4, 0.5) is 0 Å². The van der Waals surface area contributed by atoms with Crippen LogP contribution in [0.15, 0.2) is 65.5 Å². The number of ether oxygens (including phenoxy) is 1. The minimum absolute atomic E-state index is 0.324. The molecule has 1 aliphatic rings. The first-order valence-electron chi connectivity index (χ1n) is 10.6. The summed E-state index contributed by atoms with van der Waals surface area (Å²) >= 11 is 1.81. The molecule has 8 heteroatoms. The Hall–Kier alpha value is -2.68. The number of benzene rings is 1. The van der Waals surface area contributed by atoms with Gasteiger partial charge in [-0.1, -0.05) is 30.3 Å². The van der Waals surface area contributed by atoms with Crippen molar-refractivity contribution in [1.29, 1.82) is 0 Å². The molecule has 4 rings (SSSR count). The van der Waals surface area contributed by atoms with Gasteiger partial charge < -0.3 is 19.9 Å². The smallest absolute Gasteiger partial charge is 0.191 e. The Bertz CT molecular complexity index is 918. The van der Waals surface area contributed by atoms with Gasteiger partial charge >= 0.3 is 0 Å². The van der Waals surface area contributed by atoms with Crippen LogP contribution in [0, 0.1) is 0 Å². The van der Waals surface area contributed by atoms with Crippen LogP contribution in [0.25, 0.3) is 0 Å². The number of morpholine rings is 1. The molecular formula is C23H30N6OS. The molecule has 1 unspecified atom stereocenters. The molecule has 1 atom stereocenters. The zero-order chi connectivity index (χ0) is 21.3. The van der Waals surface area contributed by atoms with E-state index in [2.05, 4.69) is 71.9 Å². The lowest BCUT2D eigenvalue weighted by atomic mass is 10.1. The summed E-state index contributed by atoms with van der Waals surface area (Å²) in [6, 6.07) is 13.3. The molecule has 2 aromatic heterocycles. The van der Waals surface area contributed by atoms with Crippen molar-refractivity contribution in [3.8, 4) is 0 Å². The van der Waals surface area contributed by atoms with Crippen molar-refractivity contribution in [2.75, 3.05) is 39.9 Å². The average molecular weight is 439 g/mol. The van der Waals surface area contributed by atoms with Crippen molar-refractivity contribution in [3.05, 3.63) is 76.5 Å². The van der Waals surface area contributed by atoms with E-state index in [9.17, 15) is 0 Å². The van der Waals surface area contributed by atoms with Gasteiger partial charge in [-0.15, -0.1) is 11.3 Å². The standard InChI is InChI=1S/C23H30N6OS/c1-24-23(26-15-19-4-6-20(7-5-19)17-28-9-8-25-18-28)27-16-21(22-3-2-14-31-22)29-10-12-30-13-11-29/h2-9,14,18,21H,10-13,15-17H2,1H3,(H2,24,26,27). The molecule has 0 amide bonds. The van der Waals surface area contributed by atoms with E-state index in [0.29, 0.717) is 6.04 Å². The molecule has 1 aromatic carbocycles. The fraction of sp³-hybridized carbons (Fsp3) is 0.391. The number of guanidine groups is 1. The maximum atomic E-state index is 5.54. The molecule has 0 aliphatic carbocycles. The van der Waals surface area contributed by atoms with Crippen LogP contribution in [0.2, 0.25) is 0 Å². The van der Waals surface area contributed by atoms with Crippen molar-refractivity contribution in [2.24, 2.45) is 4.99 Å². The van der Waals surface area contributed by atoms with E-state index in [1.54, 1.807) is 6.20 Å². The molecule has 3 aromatic rings. The molecule has 1 saturated heterocycles. The van der Waals surface area contributed by atoms with Crippen LogP contribution in [0.3, 0.4) is 0 Å². The van der Waals surface area contributed by atoms with E-state index in [-0.39, 0.29) is 0 Å². The predicted octanol–water partition coefficient (Wildman–Crippen LogP) is 2.73. The minimum Gasteiger partial charge on any atom is -0.379 e. The summed E-state index contributed by atoms with van der Waals surface area (Å²) in [5, 5.41) is 9.10. The fourth-order valence-electron chi connectivity index (χ4n) is 3.73. The van der Waals surface area contributed by atoms with Crippen LogP contribution in [0.5, 0.6) is 0 Å². The Morgan fingerprint density at radius 2 is 1.97 bits per heavy atom. The lowest BCUT2D eigenvalue weighted by Crippen LogP contribution is -2.46. The molecule has 0 radical (unpaired) electrons. The van der Waals surface area contributed by atoms with E-state index in [4.69, 9.17) is 4.74 Å². The minimum atomic E-state index is 0.324. The summed E-state index contributed by atoms with van der Waals surface area (Å²) in [7, 11) is 1.82. The second-order valence-corrected chi connectivity index (χ2v) is 8.52. The molecule has 1 fully saturated rings. The third-order valence-corrected chi connectivity index (χ3v) is 6.43. The lowest BCUT2D eigenvalue weighted by molar-refractivity contribution is 0.0177. The van der Waals surface area contributed by atoms with Gasteiger partial charge in [0.05, 0.1) is 25.6 Å². The number of nitrogens with one attached hydrogen (secondary N) is 2. The van der Waals surface area contributed by atoms with Crippen LogP contribution in [-0.2, 0) is 17.8 Å². The zero-order valence-electron chi connectivity index (χ0n) is 17.9. The molecule has 31 heavy (non-hydrogen) atoms. The normalized spacial score (nSPS) is 16.2. The summed E-state index contributed by atoms with van der Waals surface area (Å²) in [6.07, 6.45) is 5.62. The van der Waals surface area contributed by atoms with E-state index < -0.39 is 0 Å². The van der Waals surface area contributed by atoms with Crippen LogP contribution in [-0.4, -0.2) is 60.3 Å². The Kier molecular flexibility index (Phi) is 7.71. The van der Waals surface area contributed by atoms with E-state index >= 15 is 0 Å². The Morgan fingerprint density at radius 1 is 1.16 bits per heavy atom. The first kappa shape index (κ1) is 21.5. The number of rotatable bonds is 8. The fourth-order valence-corrected chi connectivity index (χ4v) is 4.59. The molecule has 7 nitrogen and oxygen atoms in total. The van der Waals surface area contributed by atoms with Gasteiger partial charge in [-0.05, 0) is 22.6 Å². The molecule has 0 spiro atoms. The predicted molar refractivity (Wildman–Crippen MR) is 125 cm³/mol. The zero-order valence-corrected chi connectivity index (χ0v) is 18.7. The molecule has 0 saturated carbocycles. The second-order valence-electron chi connectivity index (χ2n) is 7.54. The highest BCUT2D eigenvalue weighted by Crippen LogP contribution is 2.25. The van der Waals surface area contributed by atoms with Crippen LogP contribution < -0.4 is 10.6 Å². The molecular weight excluding hydrogens is 408 g/mol. The van der Waals surface area contributed by atoms with Gasteiger partial charge in [0.25, 0.3) is 0 Å². The summed E-state index contributed by atoms with van der Waals surface area (Å²) in [6.45, 7) is 5.89.